The summed E-state index contributed by atoms with van der Waals surface area (Å²) in [6.45, 7) is 8.82. The summed E-state index contributed by atoms with van der Waals surface area (Å²) in [6.07, 6.45) is 4.97. The molecule has 0 bridgehead atoms. The van der Waals surface area contributed by atoms with Gasteiger partial charge in [-0.05, 0) is 19.9 Å². The number of hydrogen-bond acceptors (Lipinski definition) is 6. The van der Waals surface area contributed by atoms with E-state index in [0.29, 0.717) is 6.54 Å². The minimum Gasteiger partial charge on any atom is -0.379 e. The van der Waals surface area contributed by atoms with Crippen LogP contribution in [-0.2, 0) is 31.9 Å². The van der Waals surface area contributed by atoms with E-state index in [0.717, 1.165) is 75.5 Å². The zero-order chi connectivity index (χ0) is 20.6. The van der Waals surface area contributed by atoms with Crippen LogP contribution in [0.4, 0.5) is 0 Å². The number of nitrogens with one attached hydrogen (secondary N) is 1. The van der Waals surface area contributed by atoms with Crippen LogP contribution in [0.2, 0.25) is 0 Å². The van der Waals surface area contributed by atoms with Crippen LogP contribution in [0.5, 0.6) is 0 Å². The van der Waals surface area contributed by atoms with E-state index < -0.39 is 0 Å². The highest BCUT2D eigenvalue weighted by atomic mass is 16.5. The zero-order valence-corrected chi connectivity index (χ0v) is 18.0. The van der Waals surface area contributed by atoms with Crippen molar-refractivity contribution in [1.82, 2.24) is 39.7 Å². The van der Waals surface area contributed by atoms with E-state index in [2.05, 4.69) is 30.4 Å². The van der Waals surface area contributed by atoms with E-state index in [9.17, 15) is 0 Å². The molecule has 3 rings (SSSR count). The summed E-state index contributed by atoms with van der Waals surface area (Å²) in [4.78, 5) is 9.37. The Morgan fingerprint density at radius 3 is 2.72 bits per heavy atom. The van der Waals surface area contributed by atoms with Crippen molar-refractivity contribution in [3.63, 3.8) is 0 Å². The average Bonchev–Trinajstić information content (AvgIpc) is 3.27. The third kappa shape index (κ3) is 6.26. The number of rotatable bonds is 8. The quantitative estimate of drug-likeness (QED) is 0.381. The lowest BCUT2D eigenvalue weighted by molar-refractivity contribution is 0.0375. The SMILES string of the molecule is Cc1nnc(CN=C(NCCCN2CCOCC2)N(C)Cc2cnn(C)c2)n1C. The highest BCUT2D eigenvalue weighted by Gasteiger charge is 2.12. The lowest BCUT2D eigenvalue weighted by Gasteiger charge is -2.27. The first-order valence-electron chi connectivity index (χ1n) is 10.1. The number of nitrogens with zero attached hydrogens (tertiary/aromatic N) is 8. The van der Waals surface area contributed by atoms with Crippen molar-refractivity contribution in [2.24, 2.45) is 19.1 Å². The van der Waals surface area contributed by atoms with E-state index in [1.54, 1.807) is 0 Å². The van der Waals surface area contributed by atoms with Crippen LogP contribution in [0.3, 0.4) is 0 Å². The predicted octanol–water partition coefficient (Wildman–Crippen LogP) is 0.157. The summed E-state index contributed by atoms with van der Waals surface area (Å²) in [5.74, 6) is 2.60. The second-order valence-corrected chi connectivity index (χ2v) is 7.47. The molecule has 0 radical (unpaired) electrons. The molecule has 3 heterocycles. The van der Waals surface area contributed by atoms with Crippen molar-refractivity contribution in [2.75, 3.05) is 46.4 Å². The highest BCUT2D eigenvalue weighted by molar-refractivity contribution is 5.79. The molecule has 10 nitrogen and oxygen atoms in total. The van der Waals surface area contributed by atoms with Crippen LogP contribution in [0.25, 0.3) is 0 Å². The average molecular weight is 404 g/mol. The molecular weight excluding hydrogens is 370 g/mol. The third-order valence-electron chi connectivity index (χ3n) is 5.13. The molecule has 10 heteroatoms. The lowest BCUT2D eigenvalue weighted by atomic mass is 10.3. The number of aliphatic imine (C=N–C) groups is 1. The summed E-state index contributed by atoms with van der Waals surface area (Å²) in [7, 11) is 5.94. The van der Waals surface area contributed by atoms with Crippen LogP contribution in [-0.4, -0.2) is 86.7 Å². The van der Waals surface area contributed by atoms with Gasteiger partial charge in [0.2, 0.25) is 0 Å². The molecule has 0 saturated carbocycles. The molecule has 160 valence electrons. The maximum Gasteiger partial charge on any atom is 0.194 e. The van der Waals surface area contributed by atoms with Crippen molar-refractivity contribution < 1.29 is 4.74 Å². The molecule has 29 heavy (non-hydrogen) atoms. The number of aromatic nitrogens is 5. The summed E-state index contributed by atoms with van der Waals surface area (Å²) in [6, 6.07) is 0. The summed E-state index contributed by atoms with van der Waals surface area (Å²) >= 11 is 0. The minimum atomic E-state index is 0.487. The van der Waals surface area contributed by atoms with Crippen LogP contribution in [0.15, 0.2) is 17.4 Å². The summed E-state index contributed by atoms with van der Waals surface area (Å²) in [5.41, 5.74) is 1.15. The molecule has 0 aromatic carbocycles. The maximum absolute atomic E-state index is 5.42. The van der Waals surface area contributed by atoms with Crippen LogP contribution in [0.1, 0.15) is 23.6 Å². The number of guanidine groups is 1. The van der Waals surface area contributed by atoms with Crippen LogP contribution >= 0.6 is 0 Å². The van der Waals surface area contributed by atoms with Gasteiger partial charge in [-0.1, -0.05) is 0 Å². The molecule has 2 aromatic heterocycles. The van der Waals surface area contributed by atoms with Gasteiger partial charge in [0.1, 0.15) is 12.4 Å². The topological polar surface area (TPSA) is 88.6 Å². The first kappa shape index (κ1) is 21.3. The predicted molar refractivity (Wildman–Crippen MR) is 111 cm³/mol. The fourth-order valence-corrected chi connectivity index (χ4v) is 3.28. The van der Waals surface area contributed by atoms with Crippen molar-refractivity contribution in [3.05, 3.63) is 29.6 Å². The van der Waals surface area contributed by atoms with Gasteiger partial charge < -0.3 is 19.5 Å². The van der Waals surface area contributed by atoms with Crippen LogP contribution < -0.4 is 5.32 Å². The molecular formula is C19H33N9O. The van der Waals surface area contributed by atoms with Gasteiger partial charge in [-0.25, -0.2) is 4.99 Å². The Morgan fingerprint density at radius 2 is 2.07 bits per heavy atom. The highest BCUT2D eigenvalue weighted by Crippen LogP contribution is 2.04. The molecule has 1 N–H and O–H groups in total. The molecule has 0 atom stereocenters. The van der Waals surface area contributed by atoms with Gasteiger partial charge in [-0.3, -0.25) is 9.58 Å². The maximum atomic E-state index is 5.42. The summed E-state index contributed by atoms with van der Waals surface area (Å²) in [5, 5.41) is 16.1. The smallest absolute Gasteiger partial charge is 0.194 e. The largest absolute Gasteiger partial charge is 0.379 e. The molecule has 1 aliphatic rings. The Hall–Kier alpha value is -2.46. The molecule has 2 aromatic rings. The first-order chi connectivity index (χ1) is 14.0. The van der Waals surface area contributed by atoms with E-state index in [1.807, 2.05) is 49.7 Å². The molecule has 1 aliphatic heterocycles. The van der Waals surface area contributed by atoms with Gasteiger partial charge in [0.05, 0.1) is 19.4 Å². The molecule has 0 aliphatic carbocycles. The van der Waals surface area contributed by atoms with Crippen molar-refractivity contribution in [1.29, 1.82) is 0 Å². The van der Waals surface area contributed by atoms with E-state index in [-0.39, 0.29) is 0 Å². The minimum absolute atomic E-state index is 0.487. The first-order valence-corrected chi connectivity index (χ1v) is 10.1. The van der Waals surface area contributed by atoms with E-state index in [1.165, 1.54) is 0 Å². The second-order valence-electron chi connectivity index (χ2n) is 7.47. The number of aryl methyl sites for hydroxylation is 2. The van der Waals surface area contributed by atoms with Gasteiger partial charge in [-0.2, -0.15) is 5.10 Å². The summed E-state index contributed by atoms with van der Waals surface area (Å²) < 4.78 is 9.21. The number of ether oxygens (including phenoxy) is 1. The van der Waals surface area contributed by atoms with Gasteiger partial charge in [0.25, 0.3) is 0 Å². The Balaban J connectivity index is 1.58. The Labute approximate surface area is 172 Å². The molecule has 1 saturated heterocycles. The number of morpholine rings is 1. The van der Waals surface area contributed by atoms with E-state index >= 15 is 0 Å². The fourth-order valence-electron chi connectivity index (χ4n) is 3.28. The van der Waals surface area contributed by atoms with Gasteiger partial charge in [0.15, 0.2) is 11.8 Å². The molecule has 0 amide bonds. The Bertz CT molecular complexity index is 791. The van der Waals surface area contributed by atoms with Crippen molar-refractivity contribution in [2.45, 2.75) is 26.4 Å². The molecule has 1 fully saturated rings. The molecule has 0 unspecified atom stereocenters. The fraction of sp³-hybridized carbons (Fsp3) is 0.684. The second kappa shape index (κ2) is 10.4. The Kier molecular flexibility index (Phi) is 7.59. The van der Waals surface area contributed by atoms with Gasteiger partial charge in [-0.15, -0.1) is 10.2 Å². The molecule has 0 spiro atoms. The van der Waals surface area contributed by atoms with Crippen molar-refractivity contribution >= 4 is 5.96 Å². The Morgan fingerprint density at radius 1 is 1.28 bits per heavy atom. The van der Waals surface area contributed by atoms with Gasteiger partial charge >= 0.3 is 0 Å². The standard InChI is InChI=1S/C19H33N9O/c1-16-23-24-18(27(16)4)13-21-19(25(2)14-17-12-22-26(3)15-17)20-6-5-7-28-8-10-29-11-9-28/h12,15H,5-11,13-14H2,1-4H3,(H,20,21). The van der Waals surface area contributed by atoms with Crippen molar-refractivity contribution in [3.8, 4) is 0 Å². The van der Waals surface area contributed by atoms with Crippen LogP contribution in [0, 0.1) is 6.92 Å². The number of hydrogen-bond donors (Lipinski definition) is 1. The van der Waals surface area contributed by atoms with E-state index in [4.69, 9.17) is 9.73 Å². The normalized spacial score (nSPS) is 15.7. The monoisotopic (exact) mass is 403 g/mol. The third-order valence-corrected chi connectivity index (χ3v) is 5.13. The lowest BCUT2D eigenvalue weighted by Crippen LogP contribution is -2.41. The zero-order valence-electron chi connectivity index (χ0n) is 18.0. The van der Waals surface area contributed by atoms with Gasteiger partial charge in [0, 0.05) is 59.1 Å².